The van der Waals surface area contributed by atoms with E-state index in [1.54, 1.807) is 24.3 Å². The van der Waals surface area contributed by atoms with Crippen molar-refractivity contribution in [3.8, 4) is 0 Å². The van der Waals surface area contributed by atoms with Gasteiger partial charge in [-0.05, 0) is 37.1 Å². The normalized spacial score (nSPS) is 10.1. The molecule has 0 spiro atoms. The smallest absolute Gasteiger partial charge is 0.319 e. The summed E-state index contributed by atoms with van der Waals surface area (Å²) in [6, 6.07) is 6.59. The Hall–Kier alpha value is -1.84. The number of hydrogen-bond acceptors (Lipinski definition) is 2. The number of rotatable bonds is 4. The van der Waals surface area contributed by atoms with Gasteiger partial charge in [0, 0.05) is 17.8 Å². The van der Waals surface area contributed by atoms with Crippen LogP contribution in [0.2, 0.25) is 0 Å². The summed E-state index contributed by atoms with van der Waals surface area (Å²) in [6.45, 7) is 6.21. The number of hydrogen-bond donors (Lipinski definition) is 2. The number of urea groups is 1. The minimum atomic E-state index is -0.228. The van der Waals surface area contributed by atoms with Gasteiger partial charge in [-0.1, -0.05) is 13.8 Å². The van der Waals surface area contributed by atoms with E-state index in [-0.39, 0.29) is 11.8 Å². The van der Waals surface area contributed by atoms with Gasteiger partial charge in [0.2, 0.25) is 0 Å². The van der Waals surface area contributed by atoms with E-state index in [9.17, 15) is 9.59 Å². The molecule has 0 aliphatic carbocycles. The molecule has 0 fully saturated rings. The van der Waals surface area contributed by atoms with Gasteiger partial charge < -0.3 is 10.6 Å². The predicted octanol–water partition coefficient (Wildman–Crippen LogP) is 2.67. The molecular formula is C13H18N2O2. The number of ketones is 1. The van der Waals surface area contributed by atoms with Crippen molar-refractivity contribution in [2.75, 3.05) is 11.9 Å². The largest absolute Gasteiger partial charge is 0.338 e. The molecule has 4 heteroatoms. The second kappa shape index (κ2) is 6.03. The van der Waals surface area contributed by atoms with Gasteiger partial charge in [-0.3, -0.25) is 4.79 Å². The minimum absolute atomic E-state index is 0.0146. The molecule has 0 aliphatic rings. The highest BCUT2D eigenvalue weighted by Crippen LogP contribution is 2.09. The van der Waals surface area contributed by atoms with E-state index >= 15 is 0 Å². The molecule has 0 heterocycles. The summed E-state index contributed by atoms with van der Waals surface area (Å²) in [6.07, 6.45) is 0. The maximum absolute atomic E-state index is 11.4. The number of benzene rings is 1. The fourth-order valence-electron chi connectivity index (χ4n) is 1.26. The Morgan fingerprint density at radius 3 is 2.24 bits per heavy atom. The summed E-state index contributed by atoms with van der Waals surface area (Å²) >= 11 is 0. The highest BCUT2D eigenvalue weighted by molar-refractivity contribution is 5.95. The standard InChI is InChI=1S/C13H18N2O2/c1-9(2)8-14-13(17)15-12-6-4-11(5-7-12)10(3)16/h4-7,9H,8H2,1-3H3,(H2,14,15,17). The Morgan fingerprint density at radius 1 is 1.18 bits per heavy atom. The molecule has 0 aromatic heterocycles. The van der Waals surface area contributed by atoms with Crippen LogP contribution in [0.3, 0.4) is 0 Å². The van der Waals surface area contributed by atoms with Crippen molar-refractivity contribution in [3.63, 3.8) is 0 Å². The molecule has 0 aliphatic heterocycles. The van der Waals surface area contributed by atoms with Crippen LogP contribution in [0.5, 0.6) is 0 Å². The topological polar surface area (TPSA) is 58.2 Å². The lowest BCUT2D eigenvalue weighted by Gasteiger charge is -2.09. The number of carbonyl (C=O) groups excluding carboxylic acids is 2. The first kappa shape index (κ1) is 13.2. The zero-order valence-corrected chi connectivity index (χ0v) is 10.4. The SMILES string of the molecule is CC(=O)c1ccc(NC(=O)NCC(C)C)cc1. The molecule has 4 nitrogen and oxygen atoms in total. The zero-order valence-electron chi connectivity index (χ0n) is 10.4. The third kappa shape index (κ3) is 4.68. The molecule has 0 saturated heterocycles. The van der Waals surface area contributed by atoms with Gasteiger partial charge in [0.1, 0.15) is 0 Å². The van der Waals surface area contributed by atoms with Crippen LogP contribution in [-0.2, 0) is 0 Å². The first-order valence-electron chi connectivity index (χ1n) is 5.65. The molecule has 0 saturated carbocycles. The van der Waals surface area contributed by atoms with Gasteiger partial charge in [0.25, 0.3) is 0 Å². The predicted molar refractivity (Wildman–Crippen MR) is 68.3 cm³/mol. The Labute approximate surface area is 101 Å². The van der Waals surface area contributed by atoms with Crippen LogP contribution in [0.25, 0.3) is 0 Å². The van der Waals surface area contributed by atoms with Crippen molar-refractivity contribution < 1.29 is 9.59 Å². The van der Waals surface area contributed by atoms with Crippen molar-refractivity contribution >= 4 is 17.5 Å². The van der Waals surface area contributed by atoms with Crippen molar-refractivity contribution in [3.05, 3.63) is 29.8 Å². The Balaban J connectivity index is 2.51. The second-order valence-corrected chi connectivity index (χ2v) is 4.36. The van der Waals surface area contributed by atoms with Crippen LogP contribution in [-0.4, -0.2) is 18.4 Å². The minimum Gasteiger partial charge on any atom is -0.338 e. The molecule has 0 unspecified atom stereocenters. The Bertz CT molecular complexity index is 396. The van der Waals surface area contributed by atoms with Crippen LogP contribution >= 0.6 is 0 Å². The van der Waals surface area contributed by atoms with Crippen LogP contribution in [0.15, 0.2) is 24.3 Å². The lowest BCUT2D eigenvalue weighted by Crippen LogP contribution is -2.31. The quantitative estimate of drug-likeness (QED) is 0.787. The molecular weight excluding hydrogens is 216 g/mol. The molecule has 1 aromatic rings. The summed E-state index contributed by atoms with van der Waals surface area (Å²) in [7, 11) is 0. The Morgan fingerprint density at radius 2 is 1.76 bits per heavy atom. The van der Waals surface area contributed by atoms with Crippen molar-refractivity contribution in [1.29, 1.82) is 0 Å². The van der Waals surface area contributed by atoms with Gasteiger partial charge in [-0.15, -0.1) is 0 Å². The third-order valence-electron chi connectivity index (χ3n) is 2.22. The van der Waals surface area contributed by atoms with E-state index in [4.69, 9.17) is 0 Å². The lowest BCUT2D eigenvalue weighted by atomic mass is 10.1. The van der Waals surface area contributed by atoms with E-state index in [1.807, 2.05) is 13.8 Å². The summed E-state index contributed by atoms with van der Waals surface area (Å²) in [4.78, 5) is 22.5. The van der Waals surface area contributed by atoms with E-state index in [2.05, 4.69) is 10.6 Å². The summed E-state index contributed by atoms with van der Waals surface area (Å²) in [5.41, 5.74) is 1.31. The molecule has 17 heavy (non-hydrogen) atoms. The van der Waals surface area contributed by atoms with Gasteiger partial charge in [-0.2, -0.15) is 0 Å². The van der Waals surface area contributed by atoms with Crippen LogP contribution < -0.4 is 10.6 Å². The van der Waals surface area contributed by atoms with E-state index in [1.165, 1.54) is 6.92 Å². The molecule has 2 amide bonds. The fraction of sp³-hybridized carbons (Fsp3) is 0.385. The highest BCUT2D eigenvalue weighted by Gasteiger charge is 2.03. The van der Waals surface area contributed by atoms with Gasteiger partial charge in [0.15, 0.2) is 5.78 Å². The number of nitrogens with one attached hydrogen (secondary N) is 2. The van der Waals surface area contributed by atoms with Crippen LogP contribution in [0.1, 0.15) is 31.1 Å². The van der Waals surface area contributed by atoms with Crippen LogP contribution in [0, 0.1) is 5.92 Å². The highest BCUT2D eigenvalue weighted by atomic mass is 16.2. The first-order chi connectivity index (χ1) is 7.99. The number of anilines is 1. The molecule has 1 aromatic carbocycles. The summed E-state index contributed by atoms with van der Waals surface area (Å²) < 4.78 is 0. The number of carbonyl (C=O) groups is 2. The fourth-order valence-corrected chi connectivity index (χ4v) is 1.26. The summed E-state index contributed by atoms with van der Waals surface area (Å²) in [5.74, 6) is 0.432. The van der Waals surface area contributed by atoms with Gasteiger partial charge in [-0.25, -0.2) is 4.79 Å². The average molecular weight is 234 g/mol. The number of Topliss-reactive ketones (excluding diaryl/α,β-unsaturated/α-hetero) is 1. The molecule has 0 bridgehead atoms. The molecule has 0 atom stereocenters. The third-order valence-corrected chi connectivity index (χ3v) is 2.22. The average Bonchev–Trinajstić information content (AvgIpc) is 2.27. The first-order valence-corrected chi connectivity index (χ1v) is 5.65. The maximum Gasteiger partial charge on any atom is 0.319 e. The van der Waals surface area contributed by atoms with Crippen molar-refractivity contribution in [1.82, 2.24) is 5.32 Å². The number of amides is 2. The van der Waals surface area contributed by atoms with Crippen LogP contribution in [0.4, 0.5) is 10.5 Å². The van der Waals surface area contributed by atoms with E-state index in [0.29, 0.717) is 23.7 Å². The van der Waals surface area contributed by atoms with E-state index < -0.39 is 0 Å². The van der Waals surface area contributed by atoms with E-state index in [0.717, 1.165) is 0 Å². The molecule has 2 N–H and O–H groups in total. The van der Waals surface area contributed by atoms with Gasteiger partial charge >= 0.3 is 6.03 Å². The molecule has 92 valence electrons. The zero-order chi connectivity index (χ0) is 12.8. The van der Waals surface area contributed by atoms with Crippen molar-refractivity contribution in [2.45, 2.75) is 20.8 Å². The van der Waals surface area contributed by atoms with Gasteiger partial charge in [0.05, 0.1) is 0 Å². The molecule has 1 rings (SSSR count). The summed E-state index contributed by atoms with van der Waals surface area (Å²) in [5, 5.41) is 5.45. The maximum atomic E-state index is 11.4. The monoisotopic (exact) mass is 234 g/mol. The second-order valence-electron chi connectivity index (χ2n) is 4.36. The van der Waals surface area contributed by atoms with Crippen molar-refractivity contribution in [2.24, 2.45) is 5.92 Å². The molecule has 0 radical (unpaired) electrons. The Kier molecular flexibility index (Phi) is 4.69. The lowest BCUT2D eigenvalue weighted by molar-refractivity contribution is 0.101.